The lowest BCUT2D eigenvalue weighted by molar-refractivity contribution is 0.158. The van der Waals surface area contributed by atoms with Crippen molar-refractivity contribution in [1.82, 2.24) is 14.9 Å². The Morgan fingerprint density at radius 2 is 2.04 bits per heavy atom. The first-order valence-corrected chi connectivity index (χ1v) is 7.41. The average Bonchev–Trinajstić information content (AvgIpc) is 3.02. The van der Waals surface area contributed by atoms with E-state index in [0.29, 0.717) is 11.4 Å². The number of hydrogen-bond acceptors (Lipinski definition) is 3. The fraction of sp³-hybridized carbons (Fsp3) is 0.235. The average molecular weight is 330 g/mol. The second kappa shape index (κ2) is 6.35. The molecule has 2 amide bonds. The minimum atomic E-state index is -0.575. The van der Waals surface area contributed by atoms with Crippen molar-refractivity contribution in [1.29, 1.82) is 0 Å². The van der Waals surface area contributed by atoms with Crippen molar-refractivity contribution >= 4 is 11.7 Å². The molecule has 2 aromatic rings. The smallest absolute Gasteiger partial charge is 0.329 e. The van der Waals surface area contributed by atoms with Crippen LogP contribution in [0.1, 0.15) is 23.7 Å². The molecule has 1 unspecified atom stereocenters. The number of carbonyl (C=O) groups is 1. The first kappa shape index (κ1) is 16.0. The van der Waals surface area contributed by atoms with Crippen LogP contribution in [0.2, 0.25) is 0 Å². The minimum absolute atomic E-state index is 0.0602. The molecule has 0 spiro atoms. The second-order valence-corrected chi connectivity index (χ2v) is 5.67. The van der Waals surface area contributed by atoms with Crippen LogP contribution in [0.4, 0.5) is 13.6 Å². The molecule has 3 rings (SSSR count). The molecule has 2 heterocycles. The van der Waals surface area contributed by atoms with Gasteiger partial charge in [-0.05, 0) is 30.3 Å². The molecule has 1 aliphatic rings. The molecule has 1 aliphatic heterocycles. The van der Waals surface area contributed by atoms with Gasteiger partial charge in [0.25, 0.3) is 0 Å². The number of pyridine rings is 1. The van der Waals surface area contributed by atoms with Gasteiger partial charge in [-0.2, -0.15) is 5.10 Å². The van der Waals surface area contributed by atoms with Crippen LogP contribution >= 0.6 is 0 Å². The predicted molar refractivity (Wildman–Crippen MR) is 85.4 cm³/mol. The topological polar surface area (TPSA) is 48.8 Å². The Bertz CT molecular complexity index is 792. The number of urea groups is 1. The van der Waals surface area contributed by atoms with Gasteiger partial charge < -0.3 is 4.90 Å². The van der Waals surface area contributed by atoms with Gasteiger partial charge in [0, 0.05) is 32.3 Å². The van der Waals surface area contributed by atoms with Gasteiger partial charge in [0.2, 0.25) is 0 Å². The van der Waals surface area contributed by atoms with Gasteiger partial charge in [-0.25, -0.2) is 18.6 Å². The quantitative estimate of drug-likeness (QED) is 0.849. The van der Waals surface area contributed by atoms with E-state index in [1.54, 1.807) is 38.5 Å². The third-order valence-electron chi connectivity index (χ3n) is 3.76. The summed E-state index contributed by atoms with van der Waals surface area (Å²) in [6.45, 7) is 0. The Balaban J connectivity index is 2.02. The molecule has 24 heavy (non-hydrogen) atoms. The molecule has 0 fully saturated rings. The minimum Gasteiger partial charge on any atom is -0.329 e. The van der Waals surface area contributed by atoms with Crippen LogP contribution in [-0.2, 0) is 0 Å². The zero-order valence-corrected chi connectivity index (χ0v) is 13.3. The van der Waals surface area contributed by atoms with Gasteiger partial charge in [-0.3, -0.25) is 4.98 Å². The fourth-order valence-electron chi connectivity index (χ4n) is 2.58. The number of halogens is 2. The second-order valence-electron chi connectivity index (χ2n) is 5.67. The highest BCUT2D eigenvalue weighted by Gasteiger charge is 2.35. The maximum Gasteiger partial charge on any atom is 0.340 e. The van der Waals surface area contributed by atoms with Crippen molar-refractivity contribution in [3.8, 4) is 0 Å². The van der Waals surface area contributed by atoms with E-state index >= 15 is 0 Å². The van der Waals surface area contributed by atoms with Crippen molar-refractivity contribution in [2.45, 2.75) is 12.5 Å². The maximum absolute atomic E-state index is 14.1. The van der Waals surface area contributed by atoms with E-state index in [4.69, 9.17) is 0 Å². The zero-order valence-electron chi connectivity index (χ0n) is 13.3. The summed E-state index contributed by atoms with van der Waals surface area (Å²) in [6.07, 6.45) is 1.88. The van der Waals surface area contributed by atoms with E-state index in [2.05, 4.69) is 10.1 Å². The van der Waals surface area contributed by atoms with Gasteiger partial charge in [-0.15, -0.1) is 0 Å². The van der Waals surface area contributed by atoms with Gasteiger partial charge >= 0.3 is 6.03 Å². The molecule has 0 saturated heterocycles. The first-order valence-electron chi connectivity index (χ1n) is 7.41. The van der Waals surface area contributed by atoms with Crippen molar-refractivity contribution < 1.29 is 13.6 Å². The molecule has 5 nitrogen and oxygen atoms in total. The lowest BCUT2D eigenvalue weighted by Crippen LogP contribution is -2.36. The van der Waals surface area contributed by atoms with Crippen molar-refractivity contribution in [3.05, 3.63) is 65.5 Å². The molecule has 7 heteroatoms. The van der Waals surface area contributed by atoms with Crippen molar-refractivity contribution in [2.75, 3.05) is 14.1 Å². The number of nitrogens with zero attached hydrogens (tertiary/aromatic N) is 4. The summed E-state index contributed by atoms with van der Waals surface area (Å²) in [4.78, 5) is 18.1. The summed E-state index contributed by atoms with van der Waals surface area (Å²) in [5, 5.41) is 5.52. The largest absolute Gasteiger partial charge is 0.340 e. The van der Waals surface area contributed by atoms with E-state index in [1.807, 2.05) is 0 Å². The summed E-state index contributed by atoms with van der Waals surface area (Å²) in [6, 6.07) is 7.74. The van der Waals surface area contributed by atoms with E-state index < -0.39 is 17.7 Å². The lowest BCUT2D eigenvalue weighted by atomic mass is 10.0. The number of benzene rings is 1. The number of aromatic nitrogens is 1. The first-order chi connectivity index (χ1) is 11.5. The number of hydrazone groups is 1. The number of rotatable bonds is 2. The van der Waals surface area contributed by atoms with Crippen LogP contribution < -0.4 is 0 Å². The Kier molecular flexibility index (Phi) is 4.24. The molecular formula is C17H16F2N4O. The molecule has 1 atom stereocenters. The summed E-state index contributed by atoms with van der Waals surface area (Å²) in [5.41, 5.74) is 1.02. The molecule has 1 aromatic heterocycles. The van der Waals surface area contributed by atoms with E-state index in [0.717, 1.165) is 18.2 Å². The van der Waals surface area contributed by atoms with Gasteiger partial charge in [0.05, 0.1) is 11.4 Å². The summed E-state index contributed by atoms with van der Waals surface area (Å²) >= 11 is 0. The van der Waals surface area contributed by atoms with Crippen LogP contribution in [0, 0.1) is 11.6 Å². The highest BCUT2D eigenvalue weighted by atomic mass is 19.1. The Morgan fingerprint density at radius 3 is 2.71 bits per heavy atom. The van der Waals surface area contributed by atoms with Crippen molar-refractivity contribution in [3.63, 3.8) is 0 Å². The summed E-state index contributed by atoms with van der Waals surface area (Å²) < 4.78 is 27.5. The monoisotopic (exact) mass is 330 g/mol. The number of hydrogen-bond donors (Lipinski definition) is 0. The highest BCUT2D eigenvalue weighted by molar-refractivity contribution is 6.03. The number of carbonyl (C=O) groups excluding carboxylic acids is 1. The fourth-order valence-corrected chi connectivity index (χ4v) is 2.58. The highest BCUT2D eigenvalue weighted by Crippen LogP contribution is 2.32. The van der Waals surface area contributed by atoms with Gasteiger partial charge in [-0.1, -0.05) is 6.07 Å². The van der Waals surface area contributed by atoms with Crippen LogP contribution in [0.15, 0.2) is 47.7 Å². The molecule has 0 saturated carbocycles. The molecule has 0 aliphatic carbocycles. The van der Waals surface area contributed by atoms with E-state index in [9.17, 15) is 13.6 Å². The Hall–Kier alpha value is -2.83. The zero-order chi connectivity index (χ0) is 17.3. The van der Waals surface area contributed by atoms with E-state index in [-0.39, 0.29) is 18.0 Å². The van der Waals surface area contributed by atoms with Crippen LogP contribution in [-0.4, -0.2) is 40.7 Å². The molecular weight excluding hydrogens is 314 g/mol. The molecule has 0 bridgehead atoms. The molecule has 1 aromatic carbocycles. The van der Waals surface area contributed by atoms with Gasteiger partial charge in [0.1, 0.15) is 17.7 Å². The van der Waals surface area contributed by atoms with Crippen LogP contribution in [0.25, 0.3) is 0 Å². The normalized spacial score (nSPS) is 16.9. The Labute approximate surface area is 138 Å². The van der Waals surface area contributed by atoms with Crippen LogP contribution in [0.5, 0.6) is 0 Å². The third-order valence-corrected chi connectivity index (χ3v) is 3.76. The number of amides is 2. The molecule has 0 radical (unpaired) electrons. The third kappa shape index (κ3) is 2.97. The van der Waals surface area contributed by atoms with Gasteiger partial charge in [0.15, 0.2) is 0 Å². The summed E-state index contributed by atoms with van der Waals surface area (Å²) in [5.74, 6) is -1.13. The summed E-state index contributed by atoms with van der Waals surface area (Å²) in [7, 11) is 3.21. The van der Waals surface area contributed by atoms with Crippen molar-refractivity contribution in [2.24, 2.45) is 5.10 Å². The van der Waals surface area contributed by atoms with E-state index in [1.165, 1.54) is 9.91 Å². The molecule has 0 N–H and O–H groups in total. The van der Waals surface area contributed by atoms with Crippen LogP contribution in [0.3, 0.4) is 0 Å². The SMILES string of the molecule is CN(C)C(=O)N1N=C(c2cc(F)ccc2F)CC1c1ccccn1. The predicted octanol–water partition coefficient (Wildman–Crippen LogP) is 3.19. The standard InChI is InChI=1S/C17H16F2N4O/c1-22(2)17(24)23-16(14-5-3-4-8-20-14)10-15(21-23)12-9-11(18)6-7-13(12)19/h3-9,16H,10H2,1-2H3. The molecule has 124 valence electrons. The maximum atomic E-state index is 14.1. The Morgan fingerprint density at radius 1 is 1.25 bits per heavy atom. The lowest BCUT2D eigenvalue weighted by Gasteiger charge is -2.24.